The van der Waals surface area contributed by atoms with Crippen LogP contribution >= 0.6 is 0 Å². The Morgan fingerprint density at radius 2 is 1.75 bits per heavy atom. The lowest BCUT2D eigenvalue weighted by atomic mass is 10.1. The van der Waals surface area contributed by atoms with E-state index in [9.17, 15) is 4.79 Å². The molecule has 0 aliphatic rings. The van der Waals surface area contributed by atoms with Crippen molar-refractivity contribution in [3.63, 3.8) is 0 Å². The Morgan fingerprint density at radius 3 is 2.35 bits per heavy atom. The highest BCUT2D eigenvalue weighted by Gasteiger charge is 1.94. The molecule has 1 aromatic rings. The summed E-state index contributed by atoms with van der Waals surface area (Å²) >= 11 is 0. The summed E-state index contributed by atoms with van der Waals surface area (Å²) in [5, 5.41) is 0. The van der Waals surface area contributed by atoms with E-state index in [1.807, 2.05) is 12.1 Å². The summed E-state index contributed by atoms with van der Waals surface area (Å²) in [5.74, 6) is 0.707. The lowest BCUT2D eigenvalue weighted by Crippen LogP contribution is -2.09. The van der Waals surface area contributed by atoms with Crippen LogP contribution in [0.4, 0.5) is 0 Å². The maximum absolute atomic E-state index is 10.5. The van der Waals surface area contributed by atoms with Gasteiger partial charge in [0.05, 0.1) is 7.11 Å². The Bertz CT molecular complexity index is 410. The number of aryl methyl sites for hydroxylation is 1. The summed E-state index contributed by atoms with van der Waals surface area (Å²) in [6, 6.07) is 8.24. The van der Waals surface area contributed by atoms with Crippen LogP contribution in [0.5, 0.6) is 5.75 Å². The first-order valence-corrected chi connectivity index (χ1v) is 7.28. The van der Waals surface area contributed by atoms with Crippen LogP contribution in [-0.4, -0.2) is 13.0 Å². The Kier molecular flexibility index (Phi) is 8.20. The van der Waals surface area contributed by atoms with Gasteiger partial charge in [0, 0.05) is 6.42 Å². The minimum Gasteiger partial charge on any atom is -0.497 e. The first-order valence-electron chi connectivity index (χ1n) is 7.28. The van der Waals surface area contributed by atoms with Crippen molar-refractivity contribution in [3.05, 3.63) is 42.0 Å². The predicted molar refractivity (Wildman–Crippen MR) is 82.7 cm³/mol. The maximum Gasteiger partial charge on any atom is 0.217 e. The molecule has 0 saturated heterocycles. The largest absolute Gasteiger partial charge is 0.497 e. The van der Waals surface area contributed by atoms with E-state index in [1.165, 1.54) is 5.56 Å². The van der Waals surface area contributed by atoms with Gasteiger partial charge in [-0.2, -0.15) is 0 Å². The number of nitrogens with two attached hydrogens (primary N) is 1. The average Bonchev–Trinajstić information content (AvgIpc) is 2.46. The third-order valence-corrected chi connectivity index (χ3v) is 3.21. The fourth-order valence-electron chi connectivity index (χ4n) is 2.01. The number of methoxy groups -OCH3 is 1. The van der Waals surface area contributed by atoms with Crippen molar-refractivity contribution in [1.29, 1.82) is 0 Å². The van der Waals surface area contributed by atoms with Gasteiger partial charge in [0.2, 0.25) is 5.91 Å². The first-order chi connectivity index (χ1) is 9.72. The third-order valence-electron chi connectivity index (χ3n) is 3.21. The van der Waals surface area contributed by atoms with Crippen LogP contribution < -0.4 is 10.5 Å². The van der Waals surface area contributed by atoms with E-state index in [-0.39, 0.29) is 5.91 Å². The molecular weight excluding hydrogens is 250 g/mol. The number of rotatable bonds is 10. The molecule has 0 unspecified atom stereocenters. The molecule has 3 heteroatoms. The summed E-state index contributed by atoms with van der Waals surface area (Å²) in [6.45, 7) is 0. The number of allylic oxidation sites excluding steroid dienone is 2. The van der Waals surface area contributed by atoms with Gasteiger partial charge < -0.3 is 10.5 Å². The van der Waals surface area contributed by atoms with Crippen LogP contribution in [0.15, 0.2) is 36.4 Å². The molecule has 0 heterocycles. The van der Waals surface area contributed by atoms with E-state index in [1.54, 1.807) is 7.11 Å². The second kappa shape index (κ2) is 10.1. The Hall–Kier alpha value is -1.77. The normalized spacial score (nSPS) is 10.8. The van der Waals surface area contributed by atoms with Gasteiger partial charge >= 0.3 is 0 Å². The van der Waals surface area contributed by atoms with Crippen molar-refractivity contribution in [3.8, 4) is 5.75 Å². The first kappa shape index (κ1) is 16.3. The molecule has 110 valence electrons. The van der Waals surface area contributed by atoms with Crippen molar-refractivity contribution in [2.75, 3.05) is 7.11 Å². The molecule has 0 bridgehead atoms. The molecule has 1 rings (SSSR count). The Morgan fingerprint density at radius 1 is 1.10 bits per heavy atom. The predicted octanol–water partition coefficient (Wildman–Crippen LogP) is 3.62. The molecule has 0 radical (unpaired) electrons. The molecule has 20 heavy (non-hydrogen) atoms. The number of unbranched alkanes of at least 4 members (excludes halogenated alkanes) is 3. The van der Waals surface area contributed by atoms with Gasteiger partial charge in [-0.3, -0.25) is 4.79 Å². The molecular formula is C17H25NO2. The van der Waals surface area contributed by atoms with Crippen LogP contribution in [0.2, 0.25) is 0 Å². The van der Waals surface area contributed by atoms with Crippen molar-refractivity contribution >= 4 is 5.91 Å². The number of amides is 1. The molecule has 1 aromatic carbocycles. The molecule has 0 saturated carbocycles. The van der Waals surface area contributed by atoms with Gasteiger partial charge in [0.15, 0.2) is 0 Å². The number of primary amides is 1. The zero-order valence-electron chi connectivity index (χ0n) is 12.3. The zero-order valence-corrected chi connectivity index (χ0v) is 12.3. The molecule has 3 nitrogen and oxygen atoms in total. The van der Waals surface area contributed by atoms with Crippen LogP contribution in [0, 0.1) is 0 Å². The van der Waals surface area contributed by atoms with Gasteiger partial charge in [0.25, 0.3) is 0 Å². The molecule has 0 spiro atoms. The number of carbonyl (C=O) groups is 1. The van der Waals surface area contributed by atoms with E-state index < -0.39 is 0 Å². The number of hydrogen-bond donors (Lipinski definition) is 1. The molecule has 0 fully saturated rings. The second-order valence-electron chi connectivity index (χ2n) is 4.92. The highest BCUT2D eigenvalue weighted by molar-refractivity contribution is 5.73. The topological polar surface area (TPSA) is 52.3 Å². The van der Waals surface area contributed by atoms with Crippen molar-refractivity contribution in [1.82, 2.24) is 0 Å². The van der Waals surface area contributed by atoms with Crippen molar-refractivity contribution in [2.45, 2.75) is 44.9 Å². The molecule has 2 N–H and O–H groups in total. The standard InChI is InChI=1S/C17H25NO2/c1-20-16-13-11-15(12-14-16)9-7-5-3-2-4-6-8-10-17(18)19/h2-3,11-14H,4-10H2,1H3,(H2,18,19)/b3-2+. The van der Waals surface area contributed by atoms with Crippen molar-refractivity contribution < 1.29 is 9.53 Å². The van der Waals surface area contributed by atoms with Gasteiger partial charge in [-0.15, -0.1) is 0 Å². The number of hydrogen-bond acceptors (Lipinski definition) is 2. The minimum absolute atomic E-state index is 0.200. The average molecular weight is 275 g/mol. The number of ether oxygens (including phenoxy) is 1. The summed E-state index contributed by atoms with van der Waals surface area (Å²) in [5.41, 5.74) is 6.43. The maximum atomic E-state index is 10.5. The van der Waals surface area contributed by atoms with E-state index in [0.29, 0.717) is 6.42 Å². The molecule has 0 aliphatic carbocycles. The van der Waals surface area contributed by atoms with Crippen LogP contribution in [0.3, 0.4) is 0 Å². The fraction of sp³-hybridized carbons (Fsp3) is 0.471. The summed E-state index contributed by atoms with van der Waals surface area (Å²) < 4.78 is 5.13. The zero-order chi connectivity index (χ0) is 14.6. The van der Waals surface area contributed by atoms with Gasteiger partial charge in [-0.1, -0.05) is 24.3 Å². The third kappa shape index (κ3) is 7.62. The summed E-state index contributed by atoms with van der Waals surface area (Å²) in [6.07, 6.45) is 11.3. The van der Waals surface area contributed by atoms with E-state index in [2.05, 4.69) is 24.3 Å². The SMILES string of the molecule is COc1ccc(CCC/C=C/CCCCC(N)=O)cc1. The van der Waals surface area contributed by atoms with Gasteiger partial charge in [-0.05, 0) is 56.2 Å². The Labute approximate surface area is 121 Å². The van der Waals surface area contributed by atoms with Gasteiger partial charge in [0.1, 0.15) is 5.75 Å². The smallest absolute Gasteiger partial charge is 0.217 e. The lowest BCUT2D eigenvalue weighted by molar-refractivity contribution is -0.118. The number of carbonyl (C=O) groups excluding carboxylic acids is 1. The van der Waals surface area contributed by atoms with Crippen LogP contribution in [0.1, 0.15) is 44.1 Å². The fourth-order valence-corrected chi connectivity index (χ4v) is 2.01. The van der Waals surface area contributed by atoms with Gasteiger partial charge in [-0.25, -0.2) is 0 Å². The van der Waals surface area contributed by atoms with Crippen LogP contribution in [-0.2, 0) is 11.2 Å². The minimum atomic E-state index is -0.200. The lowest BCUT2D eigenvalue weighted by Gasteiger charge is -2.02. The highest BCUT2D eigenvalue weighted by Crippen LogP contribution is 2.13. The quantitative estimate of drug-likeness (QED) is 0.524. The second-order valence-corrected chi connectivity index (χ2v) is 4.92. The molecule has 1 amide bonds. The number of benzene rings is 1. The highest BCUT2D eigenvalue weighted by atomic mass is 16.5. The van der Waals surface area contributed by atoms with Crippen LogP contribution in [0.25, 0.3) is 0 Å². The Balaban J connectivity index is 2.04. The monoisotopic (exact) mass is 275 g/mol. The molecule has 0 aromatic heterocycles. The summed E-state index contributed by atoms with van der Waals surface area (Å²) in [7, 11) is 1.68. The molecule has 0 aliphatic heterocycles. The molecule has 0 atom stereocenters. The van der Waals surface area contributed by atoms with Crippen molar-refractivity contribution in [2.24, 2.45) is 5.73 Å². The summed E-state index contributed by atoms with van der Waals surface area (Å²) in [4.78, 5) is 10.5. The van der Waals surface area contributed by atoms with E-state index >= 15 is 0 Å². The van der Waals surface area contributed by atoms with E-state index in [4.69, 9.17) is 10.5 Å². The van der Waals surface area contributed by atoms with E-state index in [0.717, 1.165) is 44.3 Å².